The van der Waals surface area contributed by atoms with Crippen molar-refractivity contribution in [2.24, 2.45) is 0 Å². The maximum Gasteiger partial charge on any atom is 0.208 e. The van der Waals surface area contributed by atoms with Crippen LogP contribution in [0.3, 0.4) is 0 Å². The van der Waals surface area contributed by atoms with Crippen LogP contribution in [0.25, 0.3) is 11.2 Å². The second-order valence-electron chi connectivity index (χ2n) is 4.92. The third kappa shape index (κ3) is 2.91. The van der Waals surface area contributed by atoms with Gasteiger partial charge in [0.2, 0.25) is 5.82 Å². The van der Waals surface area contributed by atoms with Crippen molar-refractivity contribution < 1.29 is 0 Å². The molecule has 1 aromatic carbocycles. The Labute approximate surface area is 129 Å². The number of hydrogen-bond acceptors (Lipinski definition) is 4. The van der Waals surface area contributed by atoms with E-state index in [-0.39, 0.29) is 0 Å². The van der Waals surface area contributed by atoms with Crippen LogP contribution in [0.2, 0.25) is 0 Å². The largest absolute Gasteiger partial charge is 0.382 e. The number of fused-ring (bicyclic) bond motifs is 1. The predicted octanol–water partition coefficient (Wildman–Crippen LogP) is 2.41. The van der Waals surface area contributed by atoms with Gasteiger partial charge >= 0.3 is 0 Å². The van der Waals surface area contributed by atoms with Gasteiger partial charge in [-0.05, 0) is 24.8 Å². The van der Waals surface area contributed by atoms with E-state index in [1.165, 1.54) is 5.56 Å². The highest BCUT2D eigenvalue weighted by atomic mass is 15.1. The SMILES string of the molecule is CCn1cnc2c(N)nc(C#CCCc3ccccc3)nc21. The van der Waals surface area contributed by atoms with Gasteiger partial charge in [0.15, 0.2) is 11.5 Å². The summed E-state index contributed by atoms with van der Waals surface area (Å²) >= 11 is 0. The van der Waals surface area contributed by atoms with Crippen LogP contribution < -0.4 is 5.73 Å². The zero-order chi connectivity index (χ0) is 15.4. The van der Waals surface area contributed by atoms with Crippen molar-refractivity contribution >= 4 is 17.0 Å². The number of rotatable bonds is 3. The number of aryl methyl sites for hydroxylation is 2. The minimum absolute atomic E-state index is 0.379. The fraction of sp³-hybridized carbons (Fsp3) is 0.235. The highest BCUT2D eigenvalue weighted by Gasteiger charge is 2.09. The summed E-state index contributed by atoms with van der Waals surface area (Å²) in [7, 11) is 0. The smallest absolute Gasteiger partial charge is 0.208 e. The molecule has 2 N–H and O–H groups in total. The van der Waals surface area contributed by atoms with Crippen molar-refractivity contribution in [3.8, 4) is 11.8 Å². The zero-order valence-electron chi connectivity index (χ0n) is 12.5. The lowest BCUT2D eigenvalue weighted by Gasteiger charge is -1.99. The number of imidazole rings is 1. The molecule has 0 amide bonds. The van der Waals surface area contributed by atoms with Gasteiger partial charge in [-0.15, -0.1) is 0 Å². The first-order valence-electron chi connectivity index (χ1n) is 7.29. The minimum atomic E-state index is 0.379. The third-order valence-electron chi connectivity index (χ3n) is 3.41. The Kier molecular flexibility index (Phi) is 4.01. The topological polar surface area (TPSA) is 69.6 Å². The molecule has 2 heterocycles. The van der Waals surface area contributed by atoms with Gasteiger partial charge in [-0.3, -0.25) is 0 Å². The molecule has 110 valence electrons. The second-order valence-corrected chi connectivity index (χ2v) is 4.92. The van der Waals surface area contributed by atoms with Crippen molar-refractivity contribution in [3.05, 3.63) is 48.0 Å². The average molecular weight is 291 g/mol. The molecule has 0 spiro atoms. The molecule has 3 rings (SSSR count). The van der Waals surface area contributed by atoms with Crippen molar-refractivity contribution in [2.45, 2.75) is 26.3 Å². The molecule has 0 aliphatic heterocycles. The zero-order valence-corrected chi connectivity index (χ0v) is 12.5. The van der Waals surface area contributed by atoms with Crippen LogP contribution >= 0.6 is 0 Å². The van der Waals surface area contributed by atoms with Gasteiger partial charge in [0.05, 0.1) is 6.33 Å². The Bertz CT molecular complexity index is 840. The summed E-state index contributed by atoms with van der Waals surface area (Å²) in [5, 5.41) is 0. The molecule has 5 nitrogen and oxygen atoms in total. The summed E-state index contributed by atoms with van der Waals surface area (Å²) < 4.78 is 1.93. The van der Waals surface area contributed by atoms with E-state index in [4.69, 9.17) is 5.73 Å². The van der Waals surface area contributed by atoms with Gasteiger partial charge in [-0.25, -0.2) is 15.0 Å². The van der Waals surface area contributed by atoms with Crippen molar-refractivity contribution in [1.29, 1.82) is 0 Å². The Morgan fingerprint density at radius 3 is 2.77 bits per heavy atom. The predicted molar refractivity (Wildman–Crippen MR) is 87.1 cm³/mol. The van der Waals surface area contributed by atoms with E-state index in [9.17, 15) is 0 Å². The number of nitrogens with zero attached hydrogens (tertiary/aromatic N) is 4. The van der Waals surface area contributed by atoms with Crippen molar-refractivity contribution in [2.75, 3.05) is 5.73 Å². The number of nitrogens with two attached hydrogens (primary N) is 1. The Balaban J connectivity index is 1.78. The minimum Gasteiger partial charge on any atom is -0.382 e. The first kappa shape index (κ1) is 14.1. The molecule has 2 aromatic heterocycles. The molecule has 0 bridgehead atoms. The molecule has 3 aromatic rings. The highest BCUT2D eigenvalue weighted by Crippen LogP contribution is 2.15. The van der Waals surface area contributed by atoms with Crippen LogP contribution in [0, 0.1) is 11.8 Å². The van der Waals surface area contributed by atoms with Gasteiger partial charge in [0, 0.05) is 13.0 Å². The van der Waals surface area contributed by atoms with Gasteiger partial charge in [0.25, 0.3) is 0 Å². The van der Waals surface area contributed by atoms with E-state index in [1.807, 2.05) is 29.7 Å². The summed E-state index contributed by atoms with van der Waals surface area (Å²) in [5.41, 5.74) is 8.57. The van der Waals surface area contributed by atoms with Gasteiger partial charge in [-0.2, -0.15) is 0 Å². The lowest BCUT2D eigenvalue weighted by Crippen LogP contribution is -2.01. The maximum absolute atomic E-state index is 5.93. The standard InChI is InChI=1S/C17H17N5/c1-2-22-12-19-15-16(18)20-14(21-17(15)22)11-7-6-10-13-8-4-3-5-9-13/h3-5,8-9,12H,2,6,10H2,1H3,(H2,18,20,21). The van der Waals surface area contributed by atoms with Gasteiger partial charge in [-0.1, -0.05) is 36.3 Å². The monoisotopic (exact) mass is 291 g/mol. The molecule has 0 saturated carbocycles. The van der Waals surface area contributed by atoms with E-state index < -0.39 is 0 Å². The number of nitrogen functional groups attached to an aromatic ring is 1. The van der Waals surface area contributed by atoms with E-state index in [0.29, 0.717) is 17.2 Å². The molecular formula is C17H17N5. The summed E-state index contributed by atoms with van der Waals surface area (Å²) in [5.74, 6) is 6.94. The van der Waals surface area contributed by atoms with Crippen LogP contribution in [0.5, 0.6) is 0 Å². The number of aromatic nitrogens is 4. The molecule has 0 aliphatic carbocycles. The summed E-state index contributed by atoms with van der Waals surface area (Å²) in [6.45, 7) is 2.82. The summed E-state index contributed by atoms with van der Waals surface area (Å²) in [4.78, 5) is 12.9. The van der Waals surface area contributed by atoms with Gasteiger partial charge in [0.1, 0.15) is 5.52 Å². The van der Waals surface area contributed by atoms with Crippen LogP contribution in [0.15, 0.2) is 36.7 Å². The van der Waals surface area contributed by atoms with Crippen molar-refractivity contribution in [1.82, 2.24) is 19.5 Å². The van der Waals surface area contributed by atoms with E-state index in [2.05, 4.69) is 38.9 Å². The molecule has 5 heteroatoms. The number of anilines is 1. The van der Waals surface area contributed by atoms with Gasteiger partial charge < -0.3 is 10.3 Å². The molecule has 22 heavy (non-hydrogen) atoms. The maximum atomic E-state index is 5.93. The first-order valence-corrected chi connectivity index (χ1v) is 7.29. The first-order chi connectivity index (χ1) is 10.8. The lowest BCUT2D eigenvalue weighted by atomic mass is 10.1. The summed E-state index contributed by atoms with van der Waals surface area (Å²) in [6, 6.07) is 10.3. The molecule has 0 unspecified atom stereocenters. The van der Waals surface area contributed by atoms with E-state index in [1.54, 1.807) is 6.33 Å². The fourth-order valence-electron chi connectivity index (χ4n) is 2.25. The Hall–Kier alpha value is -2.87. The molecule has 0 fully saturated rings. The second kappa shape index (κ2) is 6.27. The number of benzene rings is 1. The quantitative estimate of drug-likeness (QED) is 0.752. The molecule has 0 saturated heterocycles. The highest BCUT2D eigenvalue weighted by molar-refractivity contribution is 5.81. The fourth-order valence-corrected chi connectivity index (χ4v) is 2.25. The molecule has 0 aliphatic rings. The lowest BCUT2D eigenvalue weighted by molar-refractivity contribution is 0.776. The van der Waals surface area contributed by atoms with E-state index in [0.717, 1.165) is 25.0 Å². The van der Waals surface area contributed by atoms with Crippen LogP contribution in [0.4, 0.5) is 5.82 Å². The molecular weight excluding hydrogens is 274 g/mol. The average Bonchev–Trinajstić information content (AvgIpc) is 2.96. The Morgan fingerprint density at radius 2 is 2.00 bits per heavy atom. The van der Waals surface area contributed by atoms with Crippen LogP contribution in [-0.4, -0.2) is 19.5 Å². The summed E-state index contributed by atoms with van der Waals surface area (Å²) in [6.07, 6.45) is 3.40. The number of hydrogen-bond donors (Lipinski definition) is 1. The molecule has 0 radical (unpaired) electrons. The van der Waals surface area contributed by atoms with E-state index >= 15 is 0 Å². The van der Waals surface area contributed by atoms with Crippen LogP contribution in [-0.2, 0) is 13.0 Å². The molecule has 0 atom stereocenters. The Morgan fingerprint density at radius 1 is 1.18 bits per heavy atom. The van der Waals surface area contributed by atoms with Crippen LogP contribution in [0.1, 0.15) is 24.7 Å². The normalized spacial score (nSPS) is 10.4. The van der Waals surface area contributed by atoms with Crippen molar-refractivity contribution in [3.63, 3.8) is 0 Å². The third-order valence-corrected chi connectivity index (χ3v) is 3.41.